The van der Waals surface area contributed by atoms with E-state index in [4.69, 9.17) is 4.74 Å². The van der Waals surface area contributed by atoms with Crippen LogP contribution in [0.5, 0.6) is 0 Å². The summed E-state index contributed by atoms with van der Waals surface area (Å²) in [7, 11) is 2.02. The van der Waals surface area contributed by atoms with Crippen molar-refractivity contribution in [2.24, 2.45) is 0 Å². The van der Waals surface area contributed by atoms with E-state index in [1.54, 1.807) is 0 Å². The summed E-state index contributed by atoms with van der Waals surface area (Å²) < 4.78 is 5.60. The van der Waals surface area contributed by atoms with E-state index in [9.17, 15) is 4.79 Å². The van der Waals surface area contributed by atoms with E-state index in [1.807, 2.05) is 7.05 Å². The Bertz CT molecular complexity index is 257. The first kappa shape index (κ1) is 13.8. The molecule has 1 amide bonds. The molecule has 4 heteroatoms. The quantitative estimate of drug-likeness (QED) is 0.801. The summed E-state index contributed by atoms with van der Waals surface area (Å²) in [6.07, 6.45) is 8.63. The first-order valence-electron chi connectivity index (χ1n) is 7.36. The molecular formula is C14H26N2O2. The van der Waals surface area contributed by atoms with Crippen molar-refractivity contribution in [1.29, 1.82) is 0 Å². The molecular weight excluding hydrogens is 228 g/mol. The summed E-state index contributed by atoms with van der Waals surface area (Å²) in [5.41, 5.74) is 0. The van der Waals surface area contributed by atoms with Gasteiger partial charge in [-0.2, -0.15) is 0 Å². The highest BCUT2D eigenvalue weighted by Gasteiger charge is 2.23. The fraction of sp³-hybridized carbons (Fsp3) is 0.929. The zero-order valence-corrected chi connectivity index (χ0v) is 11.4. The molecule has 1 aliphatic heterocycles. The van der Waals surface area contributed by atoms with Gasteiger partial charge >= 0.3 is 0 Å². The Labute approximate surface area is 110 Å². The van der Waals surface area contributed by atoms with E-state index < -0.39 is 0 Å². The van der Waals surface area contributed by atoms with Crippen molar-refractivity contribution in [2.75, 3.05) is 13.7 Å². The standard InChI is InChI=1S/C14H26N2O2/c1-15-11-5-7-12(8-6-11)16-14(17)10-13-4-2-3-9-18-13/h11-13,15H,2-10H2,1H3,(H,16,17). The second-order valence-electron chi connectivity index (χ2n) is 5.60. The van der Waals surface area contributed by atoms with E-state index in [1.165, 1.54) is 19.3 Å². The van der Waals surface area contributed by atoms with E-state index >= 15 is 0 Å². The van der Waals surface area contributed by atoms with Gasteiger partial charge in [0, 0.05) is 18.7 Å². The number of ether oxygens (including phenoxy) is 1. The average molecular weight is 254 g/mol. The van der Waals surface area contributed by atoms with Gasteiger partial charge in [0.05, 0.1) is 12.5 Å². The number of rotatable bonds is 4. The average Bonchev–Trinajstić information content (AvgIpc) is 2.40. The van der Waals surface area contributed by atoms with E-state index in [0.29, 0.717) is 18.5 Å². The number of carbonyl (C=O) groups is 1. The molecule has 0 aromatic heterocycles. The van der Waals surface area contributed by atoms with Crippen molar-refractivity contribution in [3.05, 3.63) is 0 Å². The summed E-state index contributed by atoms with van der Waals surface area (Å²) >= 11 is 0. The van der Waals surface area contributed by atoms with Gasteiger partial charge < -0.3 is 15.4 Å². The van der Waals surface area contributed by atoms with Gasteiger partial charge in [-0.3, -0.25) is 4.79 Å². The first-order valence-corrected chi connectivity index (χ1v) is 7.36. The minimum atomic E-state index is 0.160. The second kappa shape index (κ2) is 7.10. The predicted octanol–water partition coefficient (Wildman–Crippen LogP) is 1.59. The molecule has 1 aliphatic carbocycles. The van der Waals surface area contributed by atoms with Crippen molar-refractivity contribution in [2.45, 2.75) is 69.6 Å². The maximum atomic E-state index is 11.9. The van der Waals surface area contributed by atoms with Gasteiger partial charge in [0.15, 0.2) is 0 Å². The molecule has 0 aromatic rings. The summed E-state index contributed by atoms with van der Waals surface area (Å²) in [4.78, 5) is 11.9. The second-order valence-corrected chi connectivity index (χ2v) is 5.60. The third kappa shape index (κ3) is 4.25. The number of amides is 1. The highest BCUT2D eigenvalue weighted by Crippen LogP contribution is 2.19. The van der Waals surface area contributed by atoms with Crippen molar-refractivity contribution in [3.63, 3.8) is 0 Å². The molecule has 1 unspecified atom stereocenters. The predicted molar refractivity (Wildman–Crippen MR) is 71.5 cm³/mol. The van der Waals surface area contributed by atoms with Gasteiger partial charge in [-0.1, -0.05) is 0 Å². The minimum Gasteiger partial charge on any atom is -0.378 e. The molecule has 1 heterocycles. The Morgan fingerprint density at radius 2 is 1.83 bits per heavy atom. The Hall–Kier alpha value is -0.610. The van der Waals surface area contributed by atoms with Crippen LogP contribution in [0, 0.1) is 0 Å². The summed E-state index contributed by atoms with van der Waals surface area (Å²) in [6.45, 7) is 0.825. The Kier molecular flexibility index (Phi) is 5.45. The van der Waals surface area contributed by atoms with Crippen molar-refractivity contribution < 1.29 is 9.53 Å². The molecule has 0 aromatic carbocycles. The fourth-order valence-electron chi connectivity index (χ4n) is 2.99. The minimum absolute atomic E-state index is 0.160. The normalized spacial score (nSPS) is 33.1. The van der Waals surface area contributed by atoms with Gasteiger partial charge in [0.1, 0.15) is 0 Å². The lowest BCUT2D eigenvalue weighted by atomic mass is 9.91. The van der Waals surface area contributed by atoms with Crippen LogP contribution < -0.4 is 10.6 Å². The lowest BCUT2D eigenvalue weighted by Gasteiger charge is -2.29. The van der Waals surface area contributed by atoms with E-state index in [-0.39, 0.29) is 12.0 Å². The smallest absolute Gasteiger partial charge is 0.222 e. The molecule has 1 atom stereocenters. The molecule has 104 valence electrons. The van der Waals surface area contributed by atoms with E-state index in [0.717, 1.165) is 32.3 Å². The molecule has 0 bridgehead atoms. The molecule has 2 fully saturated rings. The molecule has 4 nitrogen and oxygen atoms in total. The van der Waals surface area contributed by atoms with Crippen LogP contribution in [0.25, 0.3) is 0 Å². The number of hydrogen-bond acceptors (Lipinski definition) is 3. The summed E-state index contributed by atoms with van der Waals surface area (Å²) in [6, 6.07) is 1.02. The largest absolute Gasteiger partial charge is 0.378 e. The summed E-state index contributed by atoms with van der Waals surface area (Å²) in [5, 5.41) is 6.47. The zero-order valence-electron chi connectivity index (χ0n) is 11.4. The molecule has 1 saturated heterocycles. The molecule has 2 aliphatic rings. The van der Waals surface area contributed by atoms with Crippen LogP contribution in [-0.4, -0.2) is 37.7 Å². The van der Waals surface area contributed by atoms with Crippen molar-refractivity contribution in [1.82, 2.24) is 10.6 Å². The third-order valence-electron chi connectivity index (χ3n) is 4.19. The molecule has 0 radical (unpaired) electrons. The van der Waals surface area contributed by atoms with Gasteiger partial charge in [0.2, 0.25) is 5.91 Å². The Balaban J connectivity index is 1.65. The van der Waals surface area contributed by atoms with Gasteiger partial charge in [-0.15, -0.1) is 0 Å². The van der Waals surface area contributed by atoms with Crippen LogP contribution in [0.3, 0.4) is 0 Å². The maximum Gasteiger partial charge on any atom is 0.222 e. The van der Waals surface area contributed by atoms with Crippen LogP contribution in [0.1, 0.15) is 51.4 Å². The first-order chi connectivity index (χ1) is 8.78. The lowest BCUT2D eigenvalue weighted by molar-refractivity contribution is -0.125. The molecule has 1 saturated carbocycles. The van der Waals surface area contributed by atoms with Crippen LogP contribution in [0.2, 0.25) is 0 Å². The zero-order chi connectivity index (χ0) is 12.8. The molecule has 2 N–H and O–H groups in total. The van der Waals surface area contributed by atoms with Crippen LogP contribution >= 0.6 is 0 Å². The third-order valence-corrected chi connectivity index (χ3v) is 4.19. The van der Waals surface area contributed by atoms with Gasteiger partial charge in [0.25, 0.3) is 0 Å². The SMILES string of the molecule is CNC1CCC(NC(=O)CC2CCCCO2)CC1. The summed E-state index contributed by atoms with van der Waals surface area (Å²) in [5.74, 6) is 0.176. The van der Waals surface area contributed by atoms with Crippen LogP contribution in [-0.2, 0) is 9.53 Å². The number of carbonyl (C=O) groups excluding carboxylic acids is 1. The highest BCUT2D eigenvalue weighted by atomic mass is 16.5. The number of hydrogen-bond donors (Lipinski definition) is 2. The topological polar surface area (TPSA) is 50.4 Å². The van der Waals surface area contributed by atoms with Crippen molar-refractivity contribution in [3.8, 4) is 0 Å². The van der Waals surface area contributed by atoms with Crippen LogP contribution in [0.4, 0.5) is 0 Å². The van der Waals surface area contributed by atoms with Crippen LogP contribution in [0.15, 0.2) is 0 Å². The van der Waals surface area contributed by atoms with Gasteiger partial charge in [-0.05, 0) is 52.0 Å². The monoisotopic (exact) mass is 254 g/mol. The van der Waals surface area contributed by atoms with Gasteiger partial charge in [-0.25, -0.2) is 0 Å². The number of nitrogens with one attached hydrogen (secondary N) is 2. The molecule has 0 spiro atoms. The van der Waals surface area contributed by atoms with Crippen molar-refractivity contribution >= 4 is 5.91 Å². The molecule has 2 rings (SSSR count). The Morgan fingerprint density at radius 3 is 2.44 bits per heavy atom. The maximum absolute atomic E-state index is 11.9. The van der Waals surface area contributed by atoms with E-state index in [2.05, 4.69) is 10.6 Å². The highest BCUT2D eigenvalue weighted by molar-refractivity contribution is 5.76. The fourth-order valence-corrected chi connectivity index (χ4v) is 2.99. The Morgan fingerprint density at radius 1 is 1.11 bits per heavy atom. The molecule has 18 heavy (non-hydrogen) atoms. The lowest BCUT2D eigenvalue weighted by Crippen LogP contribution is -2.42.